The molecule has 0 fully saturated rings. The zero-order valence-corrected chi connectivity index (χ0v) is 11.9. The molecule has 0 aliphatic heterocycles. The average Bonchev–Trinajstić information content (AvgIpc) is 2.38. The third kappa shape index (κ3) is 3.93. The van der Waals surface area contributed by atoms with Crippen molar-refractivity contribution in [3.05, 3.63) is 52.9 Å². The Morgan fingerprint density at radius 3 is 2.48 bits per heavy atom. The predicted molar refractivity (Wildman–Crippen MR) is 78.6 cm³/mol. The minimum Gasteiger partial charge on any atom is -0.328 e. The lowest BCUT2D eigenvalue weighted by molar-refractivity contribution is -0.114. The number of aromatic nitrogens is 1. The molecule has 0 radical (unpaired) electrons. The molecule has 0 unspecified atom stereocenters. The summed E-state index contributed by atoms with van der Waals surface area (Å²) in [4.78, 5) is 24.2. The molecular formula is C13H13N3O4S. The van der Waals surface area contributed by atoms with Gasteiger partial charge in [-0.3, -0.25) is 14.3 Å². The highest BCUT2D eigenvalue weighted by atomic mass is 32.2. The quantitative estimate of drug-likeness (QED) is 0.787. The maximum Gasteiger partial charge on any atom is 0.263 e. The fourth-order valence-electron chi connectivity index (χ4n) is 1.64. The summed E-state index contributed by atoms with van der Waals surface area (Å²) < 4.78 is 26.6. The van der Waals surface area contributed by atoms with Gasteiger partial charge in [0.05, 0.1) is 5.69 Å². The first-order valence-electron chi connectivity index (χ1n) is 5.96. The van der Waals surface area contributed by atoms with Crippen LogP contribution in [-0.2, 0) is 14.8 Å². The summed E-state index contributed by atoms with van der Waals surface area (Å²) in [7, 11) is -3.81. The van der Waals surface area contributed by atoms with Gasteiger partial charge in [-0.25, -0.2) is 8.42 Å². The second kappa shape index (κ2) is 5.80. The summed E-state index contributed by atoms with van der Waals surface area (Å²) in [6.07, 6.45) is 1.11. The minimum absolute atomic E-state index is 0.0629. The lowest BCUT2D eigenvalue weighted by Gasteiger charge is -2.09. The number of anilines is 2. The van der Waals surface area contributed by atoms with E-state index < -0.39 is 10.0 Å². The first kappa shape index (κ1) is 14.8. The van der Waals surface area contributed by atoms with E-state index in [1.54, 1.807) is 18.2 Å². The van der Waals surface area contributed by atoms with Crippen LogP contribution in [0.25, 0.3) is 0 Å². The van der Waals surface area contributed by atoms with Crippen LogP contribution in [-0.4, -0.2) is 19.3 Å². The van der Waals surface area contributed by atoms with E-state index in [4.69, 9.17) is 0 Å². The van der Waals surface area contributed by atoms with Crippen LogP contribution in [0.2, 0.25) is 0 Å². The fourth-order valence-corrected chi connectivity index (χ4v) is 2.66. The number of pyridine rings is 1. The second-order valence-corrected chi connectivity index (χ2v) is 5.94. The molecule has 21 heavy (non-hydrogen) atoms. The van der Waals surface area contributed by atoms with Gasteiger partial charge >= 0.3 is 0 Å². The van der Waals surface area contributed by atoms with Gasteiger partial charge in [0.15, 0.2) is 0 Å². The second-order valence-electron chi connectivity index (χ2n) is 4.26. The molecule has 0 saturated heterocycles. The molecular weight excluding hydrogens is 294 g/mol. The Morgan fingerprint density at radius 1 is 1.14 bits per heavy atom. The van der Waals surface area contributed by atoms with Crippen LogP contribution in [0.5, 0.6) is 0 Å². The number of carbonyl (C=O) groups excluding carboxylic acids is 1. The van der Waals surface area contributed by atoms with Crippen molar-refractivity contribution in [2.45, 2.75) is 11.8 Å². The maximum atomic E-state index is 12.1. The van der Waals surface area contributed by atoms with Gasteiger partial charge in [0.25, 0.3) is 10.0 Å². The number of H-pyrrole nitrogens is 1. The van der Waals surface area contributed by atoms with Crippen LogP contribution in [0, 0.1) is 0 Å². The lowest BCUT2D eigenvalue weighted by Crippen LogP contribution is -2.15. The number of sulfonamides is 1. The SMILES string of the molecule is CC(=O)Nc1cccc(NS(=O)(=O)c2ccc(=O)[nH]c2)c1. The van der Waals surface area contributed by atoms with Gasteiger partial charge in [0.2, 0.25) is 11.5 Å². The molecule has 0 bridgehead atoms. The van der Waals surface area contributed by atoms with Crippen molar-refractivity contribution in [3.63, 3.8) is 0 Å². The van der Waals surface area contributed by atoms with Crippen LogP contribution < -0.4 is 15.6 Å². The number of hydrogen-bond acceptors (Lipinski definition) is 4. The molecule has 0 aliphatic carbocycles. The first-order chi connectivity index (χ1) is 9.87. The van der Waals surface area contributed by atoms with Gasteiger partial charge < -0.3 is 10.3 Å². The van der Waals surface area contributed by atoms with Crippen LogP contribution >= 0.6 is 0 Å². The van der Waals surface area contributed by atoms with Gasteiger partial charge in [0.1, 0.15) is 4.90 Å². The van der Waals surface area contributed by atoms with Crippen LogP contribution in [0.4, 0.5) is 11.4 Å². The van der Waals surface area contributed by atoms with Crippen molar-refractivity contribution in [3.8, 4) is 0 Å². The summed E-state index contributed by atoms with van der Waals surface area (Å²) in [6.45, 7) is 1.36. The van der Waals surface area contributed by atoms with E-state index in [9.17, 15) is 18.0 Å². The molecule has 8 heteroatoms. The summed E-state index contributed by atoms with van der Waals surface area (Å²) >= 11 is 0. The Morgan fingerprint density at radius 2 is 1.86 bits per heavy atom. The normalized spacial score (nSPS) is 10.9. The third-order valence-corrected chi connectivity index (χ3v) is 3.88. The molecule has 1 aromatic carbocycles. The smallest absolute Gasteiger partial charge is 0.263 e. The van der Waals surface area contributed by atoms with Crippen molar-refractivity contribution in [2.24, 2.45) is 0 Å². The van der Waals surface area contributed by atoms with Crippen molar-refractivity contribution in [1.82, 2.24) is 4.98 Å². The number of carbonyl (C=O) groups is 1. The summed E-state index contributed by atoms with van der Waals surface area (Å²) in [6, 6.07) is 8.62. The monoisotopic (exact) mass is 307 g/mol. The molecule has 0 atom stereocenters. The molecule has 1 aromatic heterocycles. The van der Waals surface area contributed by atoms with Gasteiger partial charge in [-0.1, -0.05) is 6.07 Å². The van der Waals surface area contributed by atoms with E-state index >= 15 is 0 Å². The number of benzene rings is 1. The van der Waals surface area contributed by atoms with Crippen molar-refractivity contribution >= 4 is 27.3 Å². The van der Waals surface area contributed by atoms with Crippen LogP contribution in [0.15, 0.2) is 52.3 Å². The molecule has 1 amide bonds. The molecule has 2 rings (SSSR count). The number of rotatable bonds is 4. The van der Waals surface area contributed by atoms with Gasteiger partial charge in [0, 0.05) is 24.9 Å². The third-order valence-electron chi connectivity index (χ3n) is 2.50. The highest BCUT2D eigenvalue weighted by Gasteiger charge is 2.14. The van der Waals surface area contributed by atoms with E-state index in [0.717, 1.165) is 12.3 Å². The van der Waals surface area contributed by atoms with E-state index in [1.165, 1.54) is 19.1 Å². The van der Waals surface area contributed by atoms with Gasteiger partial charge in [-0.05, 0) is 24.3 Å². The molecule has 0 aliphatic rings. The molecule has 2 aromatic rings. The Labute approximate surface area is 121 Å². The molecule has 3 N–H and O–H groups in total. The first-order valence-corrected chi connectivity index (χ1v) is 7.44. The predicted octanol–water partition coefficient (Wildman–Crippen LogP) is 1.13. The maximum absolute atomic E-state index is 12.1. The standard InChI is InChI=1S/C13H13N3O4S/c1-9(17)15-10-3-2-4-11(7-10)16-21(19,20)12-5-6-13(18)14-8-12/h2-8,16H,1H3,(H,14,18)(H,15,17). The van der Waals surface area contributed by atoms with E-state index in [0.29, 0.717) is 11.4 Å². The number of aromatic amines is 1. The van der Waals surface area contributed by atoms with E-state index in [2.05, 4.69) is 15.0 Å². The Hall–Kier alpha value is -2.61. The molecule has 7 nitrogen and oxygen atoms in total. The minimum atomic E-state index is -3.81. The van der Waals surface area contributed by atoms with Crippen LogP contribution in [0.3, 0.4) is 0 Å². The zero-order valence-electron chi connectivity index (χ0n) is 11.1. The number of nitrogens with one attached hydrogen (secondary N) is 3. The Balaban J connectivity index is 2.26. The highest BCUT2D eigenvalue weighted by molar-refractivity contribution is 7.92. The molecule has 1 heterocycles. The molecule has 0 spiro atoms. The van der Waals surface area contributed by atoms with Crippen molar-refractivity contribution in [1.29, 1.82) is 0 Å². The van der Waals surface area contributed by atoms with Gasteiger partial charge in [-0.15, -0.1) is 0 Å². The Bertz CT molecular complexity index is 807. The molecule has 110 valence electrons. The molecule has 0 saturated carbocycles. The fraction of sp³-hybridized carbons (Fsp3) is 0.0769. The topological polar surface area (TPSA) is 108 Å². The van der Waals surface area contributed by atoms with E-state index in [1.807, 2.05) is 0 Å². The van der Waals surface area contributed by atoms with Crippen molar-refractivity contribution < 1.29 is 13.2 Å². The van der Waals surface area contributed by atoms with Gasteiger partial charge in [-0.2, -0.15) is 0 Å². The van der Waals surface area contributed by atoms with Crippen LogP contribution in [0.1, 0.15) is 6.92 Å². The average molecular weight is 307 g/mol. The summed E-state index contributed by atoms with van der Waals surface area (Å²) in [5.41, 5.74) is 0.387. The summed E-state index contributed by atoms with van der Waals surface area (Å²) in [5.74, 6) is -0.254. The summed E-state index contributed by atoms with van der Waals surface area (Å²) in [5, 5.41) is 2.56. The highest BCUT2D eigenvalue weighted by Crippen LogP contribution is 2.18. The van der Waals surface area contributed by atoms with E-state index in [-0.39, 0.29) is 16.4 Å². The zero-order chi connectivity index (χ0) is 15.5. The lowest BCUT2D eigenvalue weighted by atomic mass is 10.3. The van der Waals surface area contributed by atoms with Crippen molar-refractivity contribution in [2.75, 3.05) is 10.0 Å². The largest absolute Gasteiger partial charge is 0.328 e. The Kier molecular flexibility index (Phi) is 4.08. The number of hydrogen-bond donors (Lipinski definition) is 3. The number of amides is 1.